The van der Waals surface area contributed by atoms with Crippen molar-refractivity contribution in [3.8, 4) is 0 Å². The first-order valence-electron chi connectivity index (χ1n) is 8.44. The Morgan fingerprint density at radius 2 is 2.00 bits per heavy atom. The highest BCUT2D eigenvalue weighted by Gasteiger charge is 2.33. The topological polar surface area (TPSA) is 89.5 Å². The van der Waals surface area contributed by atoms with Crippen LogP contribution >= 0.6 is 11.8 Å². The summed E-state index contributed by atoms with van der Waals surface area (Å²) in [4.78, 5) is 47.9. The average Bonchev–Trinajstić information content (AvgIpc) is 3.14. The summed E-state index contributed by atoms with van der Waals surface area (Å²) in [7, 11) is 0. The second-order valence-electron chi connectivity index (χ2n) is 6.19. The van der Waals surface area contributed by atoms with Crippen molar-refractivity contribution in [2.75, 3.05) is 6.54 Å². The second kappa shape index (κ2) is 9.33. The summed E-state index contributed by atoms with van der Waals surface area (Å²) < 4.78 is 43.3. The number of thioether (sulfide) groups is 1. The van der Waals surface area contributed by atoms with Gasteiger partial charge in [-0.2, -0.15) is 13.2 Å². The molecule has 0 saturated carbocycles. The number of nitrogens with one attached hydrogen (secondary N) is 1. The predicted molar refractivity (Wildman–Crippen MR) is 94.6 cm³/mol. The van der Waals surface area contributed by atoms with Crippen LogP contribution in [0.25, 0.3) is 0 Å². The van der Waals surface area contributed by atoms with Crippen LogP contribution in [0.1, 0.15) is 42.1 Å². The molecule has 0 aromatic heterocycles. The van der Waals surface area contributed by atoms with Gasteiger partial charge in [0.25, 0.3) is 0 Å². The molecule has 0 spiro atoms. The van der Waals surface area contributed by atoms with Crippen molar-refractivity contribution in [3.63, 3.8) is 0 Å². The Morgan fingerprint density at radius 3 is 2.57 bits per heavy atom. The standard InChI is InChI=1S/C18H18F3NO5S/c1-10(23)28-14(9-15(24)27-17(26)13-6-3-7-22-13)16(25)11-4-2-5-12(8-11)18(19,20)21/h2,4-5,8,13-14,22H,3,6-7,9H2,1H3/t13-,14?/m0/s1. The molecule has 1 saturated heterocycles. The number of ether oxygens (including phenoxy) is 1. The summed E-state index contributed by atoms with van der Waals surface area (Å²) in [5.41, 5.74) is -1.31. The fraction of sp³-hybridized carbons (Fsp3) is 0.444. The smallest absolute Gasteiger partial charge is 0.392 e. The van der Waals surface area contributed by atoms with E-state index in [-0.39, 0.29) is 5.56 Å². The van der Waals surface area contributed by atoms with E-state index in [9.17, 15) is 32.3 Å². The van der Waals surface area contributed by atoms with Crippen LogP contribution in [0.4, 0.5) is 13.2 Å². The molecule has 1 heterocycles. The Labute approximate surface area is 163 Å². The minimum atomic E-state index is -4.64. The Morgan fingerprint density at radius 1 is 1.29 bits per heavy atom. The van der Waals surface area contributed by atoms with Crippen molar-refractivity contribution in [1.82, 2.24) is 5.32 Å². The molecule has 28 heavy (non-hydrogen) atoms. The normalized spacial score (nSPS) is 17.8. The third-order valence-electron chi connectivity index (χ3n) is 3.99. The number of hydrogen-bond donors (Lipinski definition) is 1. The number of hydrogen-bond acceptors (Lipinski definition) is 7. The molecule has 6 nitrogen and oxygen atoms in total. The van der Waals surface area contributed by atoms with Crippen molar-refractivity contribution >= 4 is 34.6 Å². The summed E-state index contributed by atoms with van der Waals surface area (Å²) in [6.07, 6.45) is -3.98. The van der Waals surface area contributed by atoms with Crippen LogP contribution in [0.15, 0.2) is 24.3 Å². The van der Waals surface area contributed by atoms with Crippen molar-refractivity contribution in [1.29, 1.82) is 0 Å². The van der Waals surface area contributed by atoms with E-state index in [2.05, 4.69) is 5.32 Å². The van der Waals surface area contributed by atoms with Gasteiger partial charge >= 0.3 is 18.1 Å². The van der Waals surface area contributed by atoms with Gasteiger partial charge < -0.3 is 10.1 Å². The van der Waals surface area contributed by atoms with Crippen molar-refractivity contribution in [2.24, 2.45) is 0 Å². The van der Waals surface area contributed by atoms with Gasteiger partial charge in [-0.15, -0.1) is 0 Å². The molecule has 1 unspecified atom stereocenters. The third kappa shape index (κ3) is 6.16. The van der Waals surface area contributed by atoms with E-state index in [1.807, 2.05) is 0 Å². The van der Waals surface area contributed by atoms with E-state index in [1.54, 1.807) is 0 Å². The molecule has 1 aliphatic rings. The number of rotatable bonds is 6. The second-order valence-corrected chi connectivity index (χ2v) is 7.57. The lowest BCUT2D eigenvalue weighted by atomic mass is 10.0. The van der Waals surface area contributed by atoms with E-state index < -0.39 is 52.3 Å². The molecule has 0 bridgehead atoms. The molecule has 0 aliphatic carbocycles. The first kappa shape index (κ1) is 22.1. The molecule has 1 N–H and O–H groups in total. The fourth-order valence-electron chi connectivity index (χ4n) is 2.68. The van der Waals surface area contributed by atoms with Crippen LogP contribution in [-0.2, 0) is 25.3 Å². The quantitative estimate of drug-likeness (QED) is 0.432. The van der Waals surface area contributed by atoms with Crippen LogP contribution in [0.3, 0.4) is 0 Å². The van der Waals surface area contributed by atoms with Gasteiger partial charge in [0.1, 0.15) is 6.04 Å². The van der Waals surface area contributed by atoms with Crippen LogP contribution < -0.4 is 5.32 Å². The Kier molecular flexibility index (Phi) is 7.36. The predicted octanol–water partition coefficient (Wildman–Crippen LogP) is 2.75. The van der Waals surface area contributed by atoms with E-state index >= 15 is 0 Å². The first-order valence-corrected chi connectivity index (χ1v) is 9.32. The van der Waals surface area contributed by atoms with Gasteiger partial charge in [0, 0.05) is 12.5 Å². The summed E-state index contributed by atoms with van der Waals surface area (Å²) >= 11 is 0.506. The van der Waals surface area contributed by atoms with Crippen LogP contribution in [-0.4, -0.2) is 40.7 Å². The molecule has 1 aliphatic heterocycles. The number of carbonyl (C=O) groups excluding carboxylic acids is 4. The molecule has 0 radical (unpaired) electrons. The number of benzene rings is 1. The molecule has 1 aromatic carbocycles. The van der Waals surface area contributed by atoms with Gasteiger partial charge in [-0.1, -0.05) is 23.9 Å². The van der Waals surface area contributed by atoms with Crippen molar-refractivity contribution < 1.29 is 37.1 Å². The highest BCUT2D eigenvalue weighted by atomic mass is 32.2. The zero-order valence-corrected chi connectivity index (χ0v) is 15.7. The average molecular weight is 417 g/mol. The van der Waals surface area contributed by atoms with Crippen LogP contribution in [0, 0.1) is 0 Å². The third-order valence-corrected chi connectivity index (χ3v) is 4.98. The largest absolute Gasteiger partial charge is 0.416 e. The molecular weight excluding hydrogens is 399 g/mol. The Balaban J connectivity index is 2.11. The summed E-state index contributed by atoms with van der Waals surface area (Å²) in [6, 6.07) is 3.10. The van der Waals surface area contributed by atoms with Gasteiger partial charge in [-0.3, -0.25) is 14.4 Å². The maximum atomic E-state index is 12.9. The molecule has 2 atom stereocenters. The van der Waals surface area contributed by atoms with Gasteiger partial charge in [-0.25, -0.2) is 4.79 Å². The zero-order valence-electron chi connectivity index (χ0n) is 14.9. The number of carbonyl (C=O) groups is 4. The number of ketones is 1. The molecule has 10 heteroatoms. The SMILES string of the molecule is CC(=O)SC(CC(=O)OC(=O)[C@@H]1CCCN1)C(=O)c1cccc(C(F)(F)F)c1. The number of Topliss-reactive ketones (excluding diaryl/α,β-unsaturated/α-hetero) is 1. The van der Waals surface area contributed by atoms with Gasteiger partial charge in [-0.05, 0) is 31.5 Å². The van der Waals surface area contributed by atoms with Gasteiger partial charge in [0.15, 0.2) is 10.9 Å². The summed E-state index contributed by atoms with van der Waals surface area (Å²) in [6.45, 7) is 1.78. The van der Waals surface area contributed by atoms with E-state index in [0.29, 0.717) is 30.8 Å². The zero-order chi connectivity index (χ0) is 20.9. The van der Waals surface area contributed by atoms with Gasteiger partial charge in [0.05, 0.1) is 17.2 Å². The Bertz CT molecular complexity index is 775. The lowest BCUT2D eigenvalue weighted by molar-refractivity contribution is -0.160. The maximum absolute atomic E-state index is 12.9. The van der Waals surface area contributed by atoms with E-state index in [0.717, 1.165) is 25.5 Å². The number of halogens is 3. The van der Waals surface area contributed by atoms with Crippen molar-refractivity contribution in [3.05, 3.63) is 35.4 Å². The highest BCUT2D eigenvalue weighted by Crippen LogP contribution is 2.30. The minimum Gasteiger partial charge on any atom is -0.392 e. The molecule has 2 rings (SSSR count). The van der Waals surface area contributed by atoms with Gasteiger partial charge in [0.2, 0.25) is 0 Å². The summed E-state index contributed by atoms with van der Waals surface area (Å²) in [5.74, 6) is -2.62. The molecule has 1 fully saturated rings. The highest BCUT2D eigenvalue weighted by molar-refractivity contribution is 8.14. The Hall–Kier alpha value is -2.20. The molecule has 1 aromatic rings. The first-order chi connectivity index (χ1) is 13.1. The lowest BCUT2D eigenvalue weighted by Gasteiger charge is -2.15. The molecule has 152 valence electrons. The maximum Gasteiger partial charge on any atom is 0.416 e. The summed E-state index contributed by atoms with van der Waals surface area (Å²) in [5, 5.41) is 1.06. The lowest BCUT2D eigenvalue weighted by Crippen LogP contribution is -2.35. The van der Waals surface area contributed by atoms with E-state index in [1.165, 1.54) is 6.07 Å². The molecular formula is C18H18F3NO5S. The molecule has 0 amide bonds. The monoisotopic (exact) mass is 417 g/mol. The fourth-order valence-corrected chi connectivity index (χ4v) is 3.55. The van der Waals surface area contributed by atoms with Crippen molar-refractivity contribution in [2.45, 2.75) is 43.7 Å². The minimum absolute atomic E-state index is 0.287. The van der Waals surface area contributed by atoms with Crippen LogP contribution in [0.5, 0.6) is 0 Å². The number of alkyl halides is 3. The van der Waals surface area contributed by atoms with E-state index in [4.69, 9.17) is 4.74 Å². The number of esters is 2. The van der Waals surface area contributed by atoms with Crippen LogP contribution in [0.2, 0.25) is 0 Å².